The van der Waals surface area contributed by atoms with E-state index in [-0.39, 0.29) is 11.4 Å². The molecule has 2 N–H and O–H groups in total. The Hall–Kier alpha value is -1.31. The lowest BCUT2D eigenvalue weighted by molar-refractivity contribution is 0.198. The van der Waals surface area contributed by atoms with Crippen molar-refractivity contribution in [3.63, 3.8) is 0 Å². The van der Waals surface area contributed by atoms with Crippen molar-refractivity contribution >= 4 is 10.0 Å². The first-order valence-electron chi connectivity index (χ1n) is 7.48. The number of benzene rings is 1. The van der Waals surface area contributed by atoms with Gasteiger partial charge in [-0.25, -0.2) is 13.1 Å². The van der Waals surface area contributed by atoms with Gasteiger partial charge in [0.25, 0.3) is 0 Å². The molecule has 0 aliphatic heterocycles. The first-order chi connectivity index (χ1) is 10.4. The molecule has 1 aromatic carbocycles. The van der Waals surface area contributed by atoms with Crippen LogP contribution in [0.1, 0.15) is 33.6 Å². The Morgan fingerprint density at radius 1 is 1.14 bits per heavy atom. The Morgan fingerprint density at radius 2 is 1.73 bits per heavy atom. The van der Waals surface area contributed by atoms with Gasteiger partial charge in [-0.15, -0.1) is 0 Å². The second-order valence-corrected chi connectivity index (χ2v) is 6.77. The van der Waals surface area contributed by atoms with Crippen molar-refractivity contribution in [1.82, 2.24) is 4.72 Å². The van der Waals surface area contributed by atoms with Crippen molar-refractivity contribution in [2.45, 2.75) is 44.6 Å². The normalized spacial score (nSPS) is 12.9. The molecule has 1 aromatic rings. The van der Waals surface area contributed by atoms with Crippen molar-refractivity contribution in [3.05, 3.63) is 18.2 Å². The Bertz CT molecular complexity index is 557. The van der Waals surface area contributed by atoms with Gasteiger partial charge in [-0.2, -0.15) is 0 Å². The van der Waals surface area contributed by atoms with Crippen LogP contribution in [0.2, 0.25) is 0 Å². The molecule has 22 heavy (non-hydrogen) atoms. The average Bonchev–Trinajstić information content (AvgIpc) is 2.49. The number of hydrogen-bond donors (Lipinski definition) is 2. The fourth-order valence-corrected chi connectivity index (χ4v) is 2.76. The quantitative estimate of drug-likeness (QED) is 0.684. The largest absolute Gasteiger partial charge is 0.490 e. The maximum atomic E-state index is 12.2. The minimum Gasteiger partial charge on any atom is -0.490 e. The molecule has 1 rings (SSSR count). The van der Waals surface area contributed by atoms with Gasteiger partial charge in [-0.3, -0.25) is 0 Å². The van der Waals surface area contributed by atoms with Gasteiger partial charge in [0.15, 0.2) is 11.5 Å². The van der Waals surface area contributed by atoms with Gasteiger partial charge in [-0.05, 0) is 31.9 Å². The lowest BCUT2D eigenvalue weighted by Gasteiger charge is -2.14. The smallest absolute Gasteiger partial charge is 0.240 e. The first-order valence-corrected chi connectivity index (χ1v) is 8.96. The molecule has 0 unspecified atom stereocenters. The number of aliphatic hydroxyl groups is 1. The third-order valence-corrected chi connectivity index (χ3v) is 4.14. The first kappa shape index (κ1) is 18.7. The molecular formula is C15H25NO5S. The number of rotatable bonds is 10. The molecule has 0 amide bonds. The zero-order valence-electron chi connectivity index (χ0n) is 13.3. The van der Waals surface area contributed by atoms with Gasteiger partial charge >= 0.3 is 0 Å². The van der Waals surface area contributed by atoms with Gasteiger partial charge in [0.1, 0.15) is 0 Å². The molecule has 0 saturated carbocycles. The van der Waals surface area contributed by atoms with E-state index in [0.29, 0.717) is 24.7 Å². The van der Waals surface area contributed by atoms with Crippen LogP contribution in [0.4, 0.5) is 0 Å². The lowest BCUT2D eigenvalue weighted by Crippen LogP contribution is -2.30. The van der Waals surface area contributed by atoms with E-state index >= 15 is 0 Å². The topological polar surface area (TPSA) is 84.9 Å². The van der Waals surface area contributed by atoms with E-state index < -0.39 is 16.1 Å². The van der Waals surface area contributed by atoms with E-state index in [2.05, 4.69) is 4.72 Å². The molecule has 0 aromatic heterocycles. The van der Waals surface area contributed by atoms with Gasteiger partial charge in [-0.1, -0.05) is 13.8 Å². The van der Waals surface area contributed by atoms with Crippen LogP contribution in [-0.2, 0) is 10.0 Å². The summed E-state index contributed by atoms with van der Waals surface area (Å²) in [6.45, 7) is 6.45. The highest BCUT2D eigenvalue weighted by molar-refractivity contribution is 7.89. The van der Waals surface area contributed by atoms with Gasteiger partial charge in [0.2, 0.25) is 10.0 Å². The highest BCUT2D eigenvalue weighted by Crippen LogP contribution is 2.30. The van der Waals surface area contributed by atoms with Gasteiger partial charge < -0.3 is 14.6 Å². The summed E-state index contributed by atoms with van der Waals surface area (Å²) >= 11 is 0. The van der Waals surface area contributed by atoms with E-state index in [1.807, 2.05) is 13.8 Å². The molecule has 126 valence electrons. The van der Waals surface area contributed by atoms with Crippen molar-refractivity contribution in [3.8, 4) is 11.5 Å². The van der Waals surface area contributed by atoms with Crippen LogP contribution in [0.5, 0.6) is 11.5 Å². The summed E-state index contributed by atoms with van der Waals surface area (Å²) in [6, 6.07) is 4.51. The van der Waals surface area contributed by atoms with Crippen LogP contribution in [0, 0.1) is 0 Å². The van der Waals surface area contributed by atoms with Gasteiger partial charge in [0.05, 0.1) is 24.2 Å². The molecule has 0 fully saturated rings. The summed E-state index contributed by atoms with van der Waals surface area (Å²) in [7, 11) is -3.69. The fraction of sp³-hybridized carbons (Fsp3) is 0.600. The molecule has 6 nitrogen and oxygen atoms in total. The summed E-state index contributed by atoms with van der Waals surface area (Å²) in [4.78, 5) is 0.0862. The second-order valence-electron chi connectivity index (χ2n) is 5.01. The van der Waals surface area contributed by atoms with Crippen LogP contribution in [0.15, 0.2) is 23.1 Å². The maximum Gasteiger partial charge on any atom is 0.240 e. The summed E-state index contributed by atoms with van der Waals surface area (Å²) in [5.41, 5.74) is 0. The molecule has 0 heterocycles. The van der Waals surface area contributed by atoms with Crippen LogP contribution >= 0.6 is 0 Å². The standard InChI is InChI=1S/C15H25NO5S/c1-4-8-20-14-7-6-13(10-15(14)21-9-5-2)22(18,19)16-11-12(3)17/h6-7,10,12,16-17H,4-5,8-9,11H2,1-3H3/t12-/m1/s1. The second kappa shape index (κ2) is 8.97. The van der Waals surface area contributed by atoms with E-state index in [4.69, 9.17) is 9.47 Å². The Balaban J connectivity index is 3.01. The molecule has 1 atom stereocenters. The molecule has 0 bridgehead atoms. The average molecular weight is 331 g/mol. The minimum absolute atomic E-state index is 0.0401. The highest BCUT2D eigenvalue weighted by atomic mass is 32.2. The van der Waals surface area contributed by atoms with Crippen molar-refractivity contribution in [2.75, 3.05) is 19.8 Å². The number of hydrogen-bond acceptors (Lipinski definition) is 5. The maximum absolute atomic E-state index is 12.2. The molecule has 0 aliphatic rings. The zero-order chi connectivity index (χ0) is 16.6. The number of aliphatic hydroxyl groups excluding tert-OH is 1. The van der Waals surface area contributed by atoms with Crippen LogP contribution < -0.4 is 14.2 Å². The third-order valence-electron chi connectivity index (χ3n) is 2.72. The van der Waals surface area contributed by atoms with E-state index in [9.17, 15) is 13.5 Å². The van der Waals surface area contributed by atoms with Gasteiger partial charge in [0, 0.05) is 12.6 Å². The molecule has 0 saturated heterocycles. The Labute approximate surface area is 132 Å². The third kappa shape index (κ3) is 5.82. The number of nitrogens with one attached hydrogen (secondary N) is 1. The van der Waals surface area contributed by atoms with Crippen molar-refractivity contribution in [2.24, 2.45) is 0 Å². The van der Waals surface area contributed by atoms with E-state index in [0.717, 1.165) is 12.8 Å². The summed E-state index contributed by atoms with van der Waals surface area (Å²) < 4.78 is 37.8. The predicted molar refractivity (Wildman–Crippen MR) is 84.9 cm³/mol. The predicted octanol–water partition coefficient (Wildman–Crippen LogP) is 1.92. The molecule has 0 aliphatic carbocycles. The monoisotopic (exact) mass is 331 g/mol. The molecule has 0 spiro atoms. The molecular weight excluding hydrogens is 306 g/mol. The minimum atomic E-state index is -3.69. The summed E-state index contributed by atoms with van der Waals surface area (Å²) in [6.07, 6.45) is 0.908. The van der Waals surface area contributed by atoms with E-state index in [1.165, 1.54) is 19.1 Å². The molecule has 7 heteroatoms. The highest BCUT2D eigenvalue weighted by Gasteiger charge is 2.17. The number of ether oxygens (including phenoxy) is 2. The SMILES string of the molecule is CCCOc1ccc(S(=O)(=O)NC[C@@H](C)O)cc1OCCC. The zero-order valence-corrected chi connectivity index (χ0v) is 14.1. The lowest BCUT2D eigenvalue weighted by atomic mass is 10.3. The van der Waals surface area contributed by atoms with Crippen LogP contribution in [0.25, 0.3) is 0 Å². The number of sulfonamides is 1. The van der Waals surface area contributed by atoms with Crippen molar-refractivity contribution in [1.29, 1.82) is 0 Å². The van der Waals surface area contributed by atoms with Crippen LogP contribution in [0.3, 0.4) is 0 Å². The summed E-state index contributed by atoms with van der Waals surface area (Å²) in [5.74, 6) is 0.944. The molecule has 0 radical (unpaired) electrons. The summed E-state index contributed by atoms with van der Waals surface area (Å²) in [5, 5.41) is 9.20. The van der Waals surface area contributed by atoms with Crippen molar-refractivity contribution < 1.29 is 23.0 Å². The van der Waals surface area contributed by atoms with Crippen LogP contribution in [-0.4, -0.2) is 39.4 Å². The fourth-order valence-electron chi connectivity index (χ4n) is 1.63. The van der Waals surface area contributed by atoms with E-state index in [1.54, 1.807) is 6.07 Å². The Morgan fingerprint density at radius 3 is 2.27 bits per heavy atom. The Kier molecular flexibility index (Phi) is 7.64.